The molecule has 0 aliphatic rings. The maximum absolute atomic E-state index is 5.73. The van der Waals surface area contributed by atoms with Crippen LogP contribution >= 0.6 is 0 Å². The Morgan fingerprint density at radius 1 is 1.36 bits per heavy atom. The zero-order chi connectivity index (χ0) is 10.4. The van der Waals surface area contributed by atoms with Crippen LogP contribution in [0.15, 0.2) is 24.3 Å². The summed E-state index contributed by atoms with van der Waals surface area (Å²) in [6.45, 7) is 4.94. The maximum atomic E-state index is 5.73. The van der Waals surface area contributed by atoms with Gasteiger partial charge in [0, 0.05) is 12.3 Å². The molecule has 78 valence electrons. The summed E-state index contributed by atoms with van der Waals surface area (Å²) in [6.07, 6.45) is 2.38. The second kappa shape index (κ2) is 5.66. The summed E-state index contributed by atoms with van der Waals surface area (Å²) in [4.78, 5) is 0. The lowest BCUT2D eigenvalue weighted by Crippen LogP contribution is -2.04. The summed E-state index contributed by atoms with van der Waals surface area (Å²) < 4.78 is 5.67. The van der Waals surface area contributed by atoms with E-state index in [-0.39, 0.29) is 6.10 Å². The third-order valence-electron chi connectivity index (χ3n) is 2.20. The van der Waals surface area contributed by atoms with Crippen molar-refractivity contribution in [3.05, 3.63) is 29.8 Å². The summed E-state index contributed by atoms with van der Waals surface area (Å²) in [7, 11) is 0. The van der Waals surface area contributed by atoms with Gasteiger partial charge in [-0.05, 0) is 31.0 Å². The summed E-state index contributed by atoms with van der Waals surface area (Å²) in [6, 6.07) is 7.95. The van der Waals surface area contributed by atoms with E-state index in [1.807, 2.05) is 25.1 Å². The highest BCUT2D eigenvalue weighted by Crippen LogP contribution is 2.23. The number of hydrogen-bond donors (Lipinski definition) is 1. The van der Waals surface area contributed by atoms with Crippen molar-refractivity contribution < 1.29 is 4.74 Å². The Hall–Kier alpha value is -1.02. The van der Waals surface area contributed by atoms with E-state index in [4.69, 9.17) is 10.5 Å². The molecule has 0 bridgehead atoms. The normalized spacial score (nSPS) is 12.7. The van der Waals surface area contributed by atoms with Crippen LogP contribution in [-0.2, 0) is 4.74 Å². The first-order valence-electron chi connectivity index (χ1n) is 5.25. The molecule has 1 aromatic carbocycles. The molecule has 0 heterocycles. The number of hydrogen-bond acceptors (Lipinski definition) is 2. The topological polar surface area (TPSA) is 35.2 Å². The number of anilines is 1. The zero-order valence-electron chi connectivity index (χ0n) is 8.99. The molecule has 0 fully saturated rings. The number of nitrogens with two attached hydrogens (primary N) is 1. The number of nitrogen functional groups attached to an aromatic ring is 1. The lowest BCUT2D eigenvalue weighted by atomic mass is 10.0. The SMILES string of the molecule is CCC[C@H](OCC)c1cccc(N)c1. The van der Waals surface area contributed by atoms with Crippen molar-refractivity contribution in [2.45, 2.75) is 32.8 Å². The van der Waals surface area contributed by atoms with Crippen LogP contribution in [0.5, 0.6) is 0 Å². The Morgan fingerprint density at radius 3 is 2.71 bits per heavy atom. The third kappa shape index (κ3) is 3.04. The molecular formula is C12H19NO. The van der Waals surface area contributed by atoms with Gasteiger partial charge in [0.25, 0.3) is 0 Å². The molecule has 0 unspecified atom stereocenters. The van der Waals surface area contributed by atoms with E-state index in [0.717, 1.165) is 25.1 Å². The van der Waals surface area contributed by atoms with Crippen LogP contribution in [-0.4, -0.2) is 6.61 Å². The van der Waals surface area contributed by atoms with Gasteiger partial charge in [0.15, 0.2) is 0 Å². The molecule has 0 aliphatic carbocycles. The van der Waals surface area contributed by atoms with E-state index in [0.29, 0.717) is 0 Å². The highest BCUT2D eigenvalue weighted by Gasteiger charge is 2.09. The number of ether oxygens (including phenoxy) is 1. The first-order chi connectivity index (χ1) is 6.77. The molecule has 14 heavy (non-hydrogen) atoms. The van der Waals surface area contributed by atoms with Gasteiger partial charge in [-0.3, -0.25) is 0 Å². The third-order valence-corrected chi connectivity index (χ3v) is 2.20. The molecule has 2 heteroatoms. The molecule has 0 amide bonds. The van der Waals surface area contributed by atoms with Gasteiger partial charge in [0.2, 0.25) is 0 Å². The van der Waals surface area contributed by atoms with E-state index in [2.05, 4.69) is 13.0 Å². The smallest absolute Gasteiger partial charge is 0.0825 e. The van der Waals surface area contributed by atoms with Crippen molar-refractivity contribution in [3.8, 4) is 0 Å². The van der Waals surface area contributed by atoms with Crippen LogP contribution in [0, 0.1) is 0 Å². The average Bonchev–Trinajstić information content (AvgIpc) is 2.17. The molecule has 2 nitrogen and oxygen atoms in total. The first-order valence-corrected chi connectivity index (χ1v) is 5.25. The minimum absolute atomic E-state index is 0.202. The number of rotatable bonds is 5. The Bertz CT molecular complexity index is 267. The fraction of sp³-hybridized carbons (Fsp3) is 0.500. The Morgan fingerprint density at radius 2 is 2.14 bits per heavy atom. The standard InChI is InChI=1S/C12H19NO/c1-3-6-12(14-4-2)10-7-5-8-11(13)9-10/h5,7-9,12H,3-4,6,13H2,1-2H3/t12-/m0/s1. The lowest BCUT2D eigenvalue weighted by Gasteiger charge is -2.16. The van der Waals surface area contributed by atoms with Crippen LogP contribution in [0.4, 0.5) is 5.69 Å². The van der Waals surface area contributed by atoms with Crippen molar-refractivity contribution in [2.75, 3.05) is 12.3 Å². The number of benzene rings is 1. The van der Waals surface area contributed by atoms with E-state index in [1.165, 1.54) is 5.56 Å². The van der Waals surface area contributed by atoms with Crippen LogP contribution < -0.4 is 5.73 Å². The molecule has 0 saturated heterocycles. The minimum Gasteiger partial charge on any atom is -0.399 e. The Balaban J connectivity index is 2.75. The molecule has 0 spiro atoms. The van der Waals surface area contributed by atoms with Crippen molar-refractivity contribution >= 4 is 5.69 Å². The fourth-order valence-corrected chi connectivity index (χ4v) is 1.57. The second-order valence-corrected chi connectivity index (χ2v) is 3.40. The summed E-state index contributed by atoms with van der Waals surface area (Å²) in [5.74, 6) is 0. The molecule has 1 aromatic rings. The van der Waals surface area contributed by atoms with Crippen molar-refractivity contribution in [2.24, 2.45) is 0 Å². The lowest BCUT2D eigenvalue weighted by molar-refractivity contribution is 0.0557. The van der Waals surface area contributed by atoms with Gasteiger partial charge in [-0.2, -0.15) is 0 Å². The molecule has 1 atom stereocenters. The van der Waals surface area contributed by atoms with Gasteiger partial charge in [-0.1, -0.05) is 25.5 Å². The molecule has 0 aliphatic heterocycles. The zero-order valence-corrected chi connectivity index (χ0v) is 8.99. The van der Waals surface area contributed by atoms with E-state index < -0.39 is 0 Å². The highest BCUT2D eigenvalue weighted by molar-refractivity contribution is 5.41. The first kappa shape index (κ1) is 11.1. The van der Waals surface area contributed by atoms with Gasteiger partial charge in [0.05, 0.1) is 6.10 Å². The molecular weight excluding hydrogens is 174 g/mol. The van der Waals surface area contributed by atoms with Crippen LogP contribution in [0.25, 0.3) is 0 Å². The monoisotopic (exact) mass is 193 g/mol. The highest BCUT2D eigenvalue weighted by atomic mass is 16.5. The largest absolute Gasteiger partial charge is 0.399 e. The van der Waals surface area contributed by atoms with Crippen molar-refractivity contribution in [3.63, 3.8) is 0 Å². The quantitative estimate of drug-likeness (QED) is 0.729. The van der Waals surface area contributed by atoms with Gasteiger partial charge >= 0.3 is 0 Å². The predicted molar refractivity (Wildman–Crippen MR) is 60.1 cm³/mol. The maximum Gasteiger partial charge on any atom is 0.0825 e. The molecule has 2 N–H and O–H groups in total. The summed E-state index contributed by atoms with van der Waals surface area (Å²) >= 11 is 0. The van der Waals surface area contributed by atoms with Crippen molar-refractivity contribution in [1.82, 2.24) is 0 Å². The van der Waals surface area contributed by atoms with Crippen LogP contribution in [0.3, 0.4) is 0 Å². The summed E-state index contributed by atoms with van der Waals surface area (Å²) in [5, 5.41) is 0. The van der Waals surface area contributed by atoms with Crippen LogP contribution in [0.2, 0.25) is 0 Å². The molecule has 1 rings (SSSR count). The molecule has 0 saturated carbocycles. The van der Waals surface area contributed by atoms with E-state index in [9.17, 15) is 0 Å². The summed E-state index contributed by atoms with van der Waals surface area (Å²) in [5.41, 5.74) is 7.73. The Labute approximate surface area is 86.1 Å². The van der Waals surface area contributed by atoms with Crippen LogP contribution in [0.1, 0.15) is 38.4 Å². The van der Waals surface area contributed by atoms with Gasteiger partial charge in [-0.25, -0.2) is 0 Å². The van der Waals surface area contributed by atoms with Gasteiger partial charge in [-0.15, -0.1) is 0 Å². The fourth-order valence-electron chi connectivity index (χ4n) is 1.57. The van der Waals surface area contributed by atoms with E-state index >= 15 is 0 Å². The average molecular weight is 193 g/mol. The molecule has 0 radical (unpaired) electrons. The predicted octanol–water partition coefficient (Wildman–Crippen LogP) is 3.15. The molecule has 0 aromatic heterocycles. The minimum atomic E-state index is 0.202. The van der Waals surface area contributed by atoms with Gasteiger partial charge in [0.1, 0.15) is 0 Å². The Kier molecular flexibility index (Phi) is 4.47. The van der Waals surface area contributed by atoms with Gasteiger partial charge < -0.3 is 10.5 Å². The van der Waals surface area contributed by atoms with E-state index in [1.54, 1.807) is 0 Å². The van der Waals surface area contributed by atoms with Crippen molar-refractivity contribution in [1.29, 1.82) is 0 Å². The second-order valence-electron chi connectivity index (χ2n) is 3.40.